The molecule has 2 rings (SSSR count). The first kappa shape index (κ1) is 13.1. The first-order valence-electron chi connectivity index (χ1n) is 6.04. The minimum absolute atomic E-state index is 0.143. The van der Waals surface area contributed by atoms with Gasteiger partial charge in [0.1, 0.15) is 5.69 Å². The van der Waals surface area contributed by atoms with Crippen LogP contribution in [0.5, 0.6) is 0 Å². The lowest BCUT2D eigenvalue weighted by Gasteiger charge is -2.07. The number of hydrogen-bond acceptors (Lipinski definition) is 4. The zero-order chi connectivity index (χ0) is 14.2. The van der Waals surface area contributed by atoms with Gasteiger partial charge in [0.2, 0.25) is 0 Å². The van der Waals surface area contributed by atoms with Gasteiger partial charge in [0.25, 0.3) is 5.91 Å². The van der Waals surface area contributed by atoms with Crippen LogP contribution < -0.4 is 5.73 Å². The highest BCUT2D eigenvalue weighted by Gasteiger charge is 2.17. The summed E-state index contributed by atoms with van der Waals surface area (Å²) in [6.07, 6.45) is 2.47. The Labute approximate surface area is 111 Å². The lowest BCUT2D eigenvalue weighted by Crippen LogP contribution is -2.22. The average Bonchev–Trinajstić information content (AvgIpc) is 2.93. The van der Waals surface area contributed by atoms with Crippen molar-refractivity contribution in [2.24, 2.45) is 7.05 Å². The third-order valence-electron chi connectivity index (χ3n) is 2.90. The van der Waals surface area contributed by atoms with Crippen molar-refractivity contribution in [2.75, 3.05) is 19.8 Å². The molecule has 0 radical (unpaired) electrons. The summed E-state index contributed by atoms with van der Waals surface area (Å²) in [6, 6.07) is 1.67. The molecular formula is C12H18N6O. The summed E-state index contributed by atoms with van der Waals surface area (Å²) in [5.74, 6) is 0.532. The zero-order valence-corrected chi connectivity index (χ0v) is 11.6. The zero-order valence-electron chi connectivity index (χ0n) is 11.6. The summed E-state index contributed by atoms with van der Waals surface area (Å²) in [7, 11) is 5.18. The second-order valence-corrected chi connectivity index (χ2v) is 4.51. The molecular weight excluding hydrogens is 244 g/mol. The molecule has 0 spiro atoms. The standard InChI is InChI=1S/C12H18N6O/c1-5-8-10(13)11(17(4)14-8)18-7-6-9(15-18)12(19)16(2)3/h6-7H,5,13H2,1-4H3. The van der Waals surface area contributed by atoms with Crippen LogP contribution in [-0.2, 0) is 13.5 Å². The minimum Gasteiger partial charge on any atom is -0.394 e. The van der Waals surface area contributed by atoms with E-state index in [4.69, 9.17) is 5.73 Å². The second-order valence-electron chi connectivity index (χ2n) is 4.51. The number of amides is 1. The van der Waals surface area contributed by atoms with Crippen LogP contribution in [-0.4, -0.2) is 44.5 Å². The number of nitrogen functional groups attached to an aromatic ring is 1. The molecule has 0 aromatic carbocycles. The summed E-state index contributed by atoms with van der Waals surface area (Å²) >= 11 is 0. The molecule has 1 amide bonds. The van der Waals surface area contributed by atoms with Gasteiger partial charge in [-0.2, -0.15) is 10.2 Å². The van der Waals surface area contributed by atoms with Crippen LogP contribution in [0.15, 0.2) is 12.3 Å². The topological polar surface area (TPSA) is 82.0 Å². The molecule has 2 N–H and O–H groups in total. The first-order valence-corrected chi connectivity index (χ1v) is 6.04. The van der Waals surface area contributed by atoms with Gasteiger partial charge in [0, 0.05) is 27.3 Å². The minimum atomic E-state index is -0.143. The number of nitrogens with two attached hydrogens (primary N) is 1. The molecule has 0 fully saturated rings. The fourth-order valence-electron chi connectivity index (χ4n) is 1.90. The van der Waals surface area contributed by atoms with Gasteiger partial charge in [-0.3, -0.25) is 4.79 Å². The largest absolute Gasteiger partial charge is 0.394 e. The van der Waals surface area contributed by atoms with Crippen LogP contribution in [0.2, 0.25) is 0 Å². The normalized spacial score (nSPS) is 10.7. The predicted molar refractivity (Wildman–Crippen MR) is 72.1 cm³/mol. The Bertz CT molecular complexity index is 610. The molecule has 2 aromatic heterocycles. The van der Waals surface area contributed by atoms with Crippen LogP contribution in [0.4, 0.5) is 5.69 Å². The maximum absolute atomic E-state index is 11.8. The van der Waals surface area contributed by atoms with Gasteiger partial charge >= 0.3 is 0 Å². The summed E-state index contributed by atoms with van der Waals surface area (Å²) in [5, 5.41) is 8.59. The average molecular weight is 262 g/mol. The summed E-state index contributed by atoms with van der Waals surface area (Å²) in [5.41, 5.74) is 7.85. The Kier molecular flexibility index (Phi) is 3.28. The van der Waals surface area contributed by atoms with E-state index >= 15 is 0 Å². The summed E-state index contributed by atoms with van der Waals surface area (Å²) in [4.78, 5) is 13.3. The maximum atomic E-state index is 11.8. The molecule has 0 saturated carbocycles. The number of rotatable bonds is 3. The van der Waals surface area contributed by atoms with Gasteiger partial charge in [-0.1, -0.05) is 6.92 Å². The molecule has 2 heterocycles. The van der Waals surface area contributed by atoms with E-state index in [0.29, 0.717) is 17.2 Å². The van der Waals surface area contributed by atoms with Gasteiger partial charge in [-0.25, -0.2) is 9.36 Å². The van der Waals surface area contributed by atoms with Crippen molar-refractivity contribution in [3.63, 3.8) is 0 Å². The third kappa shape index (κ3) is 2.18. The first-order chi connectivity index (χ1) is 8.95. The number of aromatic nitrogens is 4. The van der Waals surface area contributed by atoms with Crippen molar-refractivity contribution in [1.29, 1.82) is 0 Å². The predicted octanol–water partition coefficient (Wildman–Crippen LogP) is 0.452. The van der Waals surface area contributed by atoms with Crippen LogP contribution in [0.25, 0.3) is 5.82 Å². The number of anilines is 1. The van der Waals surface area contributed by atoms with E-state index in [-0.39, 0.29) is 5.91 Å². The Morgan fingerprint density at radius 1 is 1.42 bits per heavy atom. The highest BCUT2D eigenvalue weighted by atomic mass is 16.2. The SMILES string of the molecule is CCc1nn(C)c(-n2ccc(C(=O)N(C)C)n2)c1N. The lowest BCUT2D eigenvalue weighted by molar-refractivity contribution is 0.0821. The molecule has 19 heavy (non-hydrogen) atoms. The van der Waals surface area contributed by atoms with E-state index in [0.717, 1.165) is 12.1 Å². The van der Waals surface area contributed by atoms with Gasteiger partial charge < -0.3 is 10.6 Å². The molecule has 0 bridgehead atoms. The highest BCUT2D eigenvalue weighted by Crippen LogP contribution is 2.20. The Morgan fingerprint density at radius 3 is 2.63 bits per heavy atom. The second kappa shape index (κ2) is 4.75. The number of nitrogens with zero attached hydrogens (tertiary/aromatic N) is 5. The molecule has 0 aliphatic carbocycles. The van der Waals surface area contributed by atoms with E-state index in [2.05, 4.69) is 10.2 Å². The van der Waals surface area contributed by atoms with Crippen LogP contribution >= 0.6 is 0 Å². The fraction of sp³-hybridized carbons (Fsp3) is 0.417. The maximum Gasteiger partial charge on any atom is 0.273 e. The van der Waals surface area contributed by atoms with E-state index in [9.17, 15) is 4.79 Å². The Balaban J connectivity index is 2.44. The van der Waals surface area contributed by atoms with Gasteiger partial charge in [-0.05, 0) is 12.5 Å². The van der Waals surface area contributed by atoms with Crippen molar-refractivity contribution < 1.29 is 4.79 Å². The molecule has 0 unspecified atom stereocenters. The molecule has 7 heteroatoms. The molecule has 0 atom stereocenters. The number of carbonyl (C=O) groups excluding carboxylic acids is 1. The van der Waals surface area contributed by atoms with Crippen molar-refractivity contribution in [2.45, 2.75) is 13.3 Å². The van der Waals surface area contributed by atoms with Gasteiger partial charge in [0.15, 0.2) is 11.5 Å². The summed E-state index contributed by atoms with van der Waals surface area (Å²) < 4.78 is 3.25. The highest BCUT2D eigenvalue weighted by molar-refractivity contribution is 5.91. The van der Waals surface area contributed by atoms with E-state index in [1.807, 2.05) is 6.92 Å². The third-order valence-corrected chi connectivity index (χ3v) is 2.90. The van der Waals surface area contributed by atoms with Crippen molar-refractivity contribution in [3.05, 3.63) is 23.7 Å². The number of aryl methyl sites for hydroxylation is 2. The van der Waals surface area contributed by atoms with E-state index in [1.165, 1.54) is 4.90 Å². The monoisotopic (exact) mass is 262 g/mol. The molecule has 102 valence electrons. The van der Waals surface area contributed by atoms with E-state index < -0.39 is 0 Å². The van der Waals surface area contributed by atoms with Crippen molar-refractivity contribution in [1.82, 2.24) is 24.5 Å². The van der Waals surface area contributed by atoms with Gasteiger partial charge in [-0.15, -0.1) is 0 Å². The molecule has 0 saturated heterocycles. The fourth-order valence-corrected chi connectivity index (χ4v) is 1.90. The molecule has 0 aliphatic rings. The Morgan fingerprint density at radius 2 is 2.11 bits per heavy atom. The molecule has 0 aliphatic heterocycles. The van der Waals surface area contributed by atoms with Crippen LogP contribution in [0, 0.1) is 0 Å². The smallest absolute Gasteiger partial charge is 0.273 e. The van der Waals surface area contributed by atoms with Crippen molar-refractivity contribution in [3.8, 4) is 5.82 Å². The van der Waals surface area contributed by atoms with Crippen LogP contribution in [0.3, 0.4) is 0 Å². The van der Waals surface area contributed by atoms with Crippen molar-refractivity contribution >= 4 is 11.6 Å². The quantitative estimate of drug-likeness (QED) is 0.870. The summed E-state index contributed by atoms with van der Waals surface area (Å²) in [6.45, 7) is 1.99. The van der Waals surface area contributed by atoms with Crippen LogP contribution in [0.1, 0.15) is 23.1 Å². The Hall–Kier alpha value is -2.31. The van der Waals surface area contributed by atoms with E-state index in [1.54, 1.807) is 42.8 Å². The number of hydrogen-bond donors (Lipinski definition) is 1. The lowest BCUT2D eigenvalue weighted by atomic mass is 10.3. The van der Waals surface area contributed by atoms with Gasteiger partial charge in [0.05, 0.1) is 5.69 Å². The molecule has 7 nitrogen and oxygen atoms in total. The molecule has 2 aromatic rings. The number of carbonyl (C=O) groups is 1.